The van der Waals surface area contributed by atoms with Crippen molar-refractivity contribution in [3.63, 3.8) is 0 Å². The Kier molecular flexibility index (Phi) is 2.83. The van der Waals surface area contributed by atoms with Crippen LogP contribution in [0.4, 0.5) is 5.82 Å². The number of anilines is 1. The number of nitrogens with zero attached hydrogens (tertiary/aromatic N) is 3. The minimum atomic E-state index is 0.339. The largest absolute Gasteiger partial charge is 0.382 e. The lowest BCUT2D eigenvalue weighted by molar-refractivity contribution is 0.532. The van der Waals surface area contributed by atoms with Gasteiger partial charge in [0, 0.05) is 29.6 Å². The summed E-state index contributed by atoms with van der Waals surface area (Å²) in [6.07, 6.45) is 5.46. The van der Waals surface area contributed by atoms with Gasteiger partial charge in [-0.2, -0.15) is 5.10 Å². The lowest BCUT2D eigenvalue weighted by atomic mass is 10.2. The van der Waals surface area contributed by atoms with Gasteiger partial charge >= 0.3 is 0 Å². The molecule has 0 saturated carbocycles. The van der Waals surface area contributed by atoms with Crippen molar-refractivity contribution in [2.24, 2.45) is 0 Å². The lowest BCUT2D eigenvalue weighted by Gasteiger charge is -2.03. The SMILES string of the molecule is CC(C)n1cc(-c2cnc(N)c(Cl)c2)cn1. The zero-order valence-electron chi connectivity index (χ0n) is 9.18. The molecule has 2 heterocycles. The maximum atomic E-state index is 5.92. The lowest BCUT2D eigenvalue weighted by Crippen LogP contribution is -1.99. The fourth-order valence-corrected chi connectivity index (χ4v) is 1.54. The zero-order chi connectivity index (χ0) is 11.7. The normalized spacial score (nSPS) is 11.0. The van der Waals surface area contributed by atoms with E-state index in [9.17, 15) is 0 Å². The Labute approximate surface area is 99.1 Å². The molecule has 2 aromatic rings. The van der Waals surface area contributed by atoms with Crippen LogP contribution in [0, 0.1) is 0 Å². The molecular weight excluding hydrogens is 224 g/mol. The van der Waals surface area contributed by atoms with Crippen molar-refractivity contribution >= 4 is 17.4 Å². The molecule has 0 aliphatic rings. The van der Waals surface area contributed by atoms with Gasteiger partial charge in [0.1, 0.15) is 5.82 Å². The van der Waals surface area contributed by atoms with E-state index in [1.807, 2.05) is 10.9 Å². The van der Waals surface area contributed by atoms with Crippen molar-refractivity contribution in [1.82, 2.24) is 14.8 Å². The van der Waals surface area contributed by atoms with E-state index in [-0.39, 0.29) is 0 Å². The van der Waals surface area contributed by atoms with Crippen LogP contribution in [0.25, 0.3) is 11.1 Å². The fraction of sp³-hybridized carbons (Fsp3) is 0.273. The van der Waals surface area contributed by atoms with Gasteiger partial charge in [-0.25, -0.2) is 4.98 Å². The van der Waals surface area contributed by atoms with Crippen LogP contribution in [-0.4, -0.2) is 14.8 Å². The summed E-state index contributed by atoms with van der Waals surface area (Å²) in [5.74, 6) is 0.349. The van der Waals surface area contributed by atoms with Crippen molar-refractivity contribution in [2.45, 2.75) is 19.9 Å². The summed E-state index contributed by atoms with van der Waals surface area (Å²) in [7, 11) is 0. The second-order valence-electron chi connectivity index (χ2n) is 3.89. The third-order valence-corrected chi connectivity index (χ3v) is 2.64. The van der Waals surface area contributed by atoms with Gasteiger partial charge in [0.2, 0.25) is 0 Å². The molecule has 2 rings (SSSR count). The molecule has 0 fully saturated rings. The molecular formula is C11H13ClN4. The molecule has 0 bridgehead atoms. The third-order valence-electron chi connectivity index (χ3n) is 2.33. The Morgan fingerprint density at radius 3 is 2.62 bits per heavy atom. The number of nitrogen functional groups attached to an aromatic ring is 1. The summed E-state index contributed by atoms with van der Waals surface area (Å²) >= 11 is 5.92. The molecule has 0 aliphatic carbocycles. The van der Waals surface area contributed by atoms with Gasteiger partial charge in [-0.3, -0.25) is 4.68 Å². The van der Waals surface area contributed by atoms with E-state index in [1.165, 1.54) is 0 Å². The van der Waals surface area contributed by atoms with E-state index in [0.29, 0.717) is 16.9 Å². The standard InChI is InChI=1S/C11H13ClN4/c1-7(2)16-6-9(5-15-16)8-3-10(12)11(13)14-4-8/h3-7H,1-2H3,(H2,13,14). The molecule has 0 aromatic carbocycles. The average molecular weight is 237 g/mol. The Morgan fingerprint density at radius 2 is 2.06 bits per heavy atom. The summed E-state index contributed by atoms with van der Waals surface area (Å²) in [5, 5.41) is 4.73. The van der Waals surface area contributed by atoms with Crippen LogP contribution < -0.4 is 5.73 Å². The number of hydrogen-bond donors (Lipinski definition) is 1. The first-order chi connectivity index (χ1) is 7.58. The maximum absolute atomic E-state index is 5.92. The monoisotopic (exact) mass is 236 g/mol. The van der Waals surface area contributed by atoms with Gasteiger partial charge in [-0.05, 0) is 19.9 Å². The first kappa shape index (κ1) is 11.0. The Bertz CT molecular complexity index is 504. The van der Waals surface area contributed by atoms with E-state index < -0.39 is 0 Å². The summed E-state index contributed by atoms with van der Waals surface area (Å²) in [5.41, 5.74) is 7.47. The van der Waals surface area contributed by atoms with Crippen LogP contribution in [0.1, 0.15) is 19.9 Å². The van der Waals surface area contributed by atoms with Crippen LogP contribution >= 0.6 is 11.6 Å². The molecule has 0 unspecified atom stereocenters. The summed E-state index contributed by atoms with van der Waals surface area (Å²) < 4.78 is 1.89. The van der Waals surface area contributed by atoms with Gasteiger partial charge in [-0.15, -0.1) is 0 Å². The Balaban J connectivity index is 2.39. The van der Waals surface area contributed by atoms with E-state index in [1.54, 1.807) is 18.5 Å². The van der Waals surface area contributed by atoms with Crippen LogP contribution in [0.3, 0.4) is 0 Å². The van der Waals surface area contributed by atoms with Crippen LogP contribution in [-0.2, 0) is 0 Å². The van der Waals surface area contributed by atoms with Crippen molar-refractivity contribution in [2.75, 3.05) is 5.73 Å². The average Bonchev–Trinajstić information content (AvgIpc) is 2.71. The van der Waals surface area contributed by atoms with Gasteiger partial charge in [0.25, 0.3) is 0 Å². The highest BCUT2D eigenvalue weighted by Crippen LogP contribution is 2.25. The Morgan fingerprint density at radius 1 is 1.31 bits per heavy atom. The second-order valence-corrected chi connectivity index (χ2v) is 4.30. The minimum absolute atomic E-state index is 0.339. The molecule has 2 N–H and O–H groups in total. The number of nitrogens with two attached hydrogens (primary N) is 1. The molecule has 0 spiro atoms. The fourth-order valence-electron chi connectivity index (χ4n) is 1.38. The van der Waals surface area contributed by atoms with E-state index >= 15 is 0 Å². The molecule has 4 nitrogen and oxygen atoms in total. The van der Waals surface area contributed by atoms with Crippen molar-refractivity contribution in [3.05, 3.63) is 29.7 Å². The smallest absolute Gasteiger partial charge is 0.142 e. The highest BCUT2D eigenvalue weighted by Gasteiger charge is 2.06. The third kappa shape index (κ3) is 2.02. The van der Waals surface area contributed by atoms with E-state index in [4.69, 9.17) is 17.3 Å². The first-order valence-electron chi connectivity index (χ1n) is 5.03. The van der Waals surface area contributed by atoms with Crippen molar-refractivity contribution in [1.29, 1.82) is 0 Å². The molecule has 84 valence electrons. The minimum Gasteiger partial charge on any atom is -0.382 e. The second kappa shape index (κ2) is 4.14. The topological polar surface area (TPSA) is 56.7 Å². The number of pyridine rings is 1. The van der Waals surface area contributed by atoms with Crippen molar-refractivity contribution < 1.29 is 0 Å². The molecule has 2 aromatic heterocycles. The molecule has 5 heteroatoms. The number of aromatic nitrogens is 3. The predicted molar refractivity (Wildman–Crippen MR) is 65.3 cm³/mol. The van der Waals surface area contributed by atoms with Gasteiger partial charge in [0.05, 0.1) is 11.2 Å². The quantitative estimate of drug-likeness (QED) is 0.872. The first-order valence-corrected chi connectivity index (χ1v) is 5.41. The summed E-state index contributed by atoms with van der Waals surface area (Å²) in [4.78, 5) is 4.02. The highest BCUT2D eigenvalue weighted by atomic mass is 35.5. The van der Waals surface area contributed by atoms with Gasteiger partial charge < -0.3 is 5.73 Å². The molecule has 0 radical (unpaired) electrons. The molecule has 0 saturated heterocycles. The van der Waals surface area contributed by atoms with Crippen molar-refractivity contribution in [3.8, 4) is 11.1 Å². The van der Waals surface area contributed by atoms with Crippen LogP contribution in [0.2, 0.25) is 5.02 Å². The number of rotatable bonds is 2. The number of halogens is 1. The Hall–Kier alpha value is -1.55. The zero-order valence-corrected chi connectivity index (χ0v) is 9.94. The highest BCUT2D eigenvalue weighted by molar-refractivity contribution is 6.33. The van der Waals surface area contributed by atoms with Crippen LogP contribution in [0.15, 0.2) is 24.7 Å². The maximum Gasteiger partial charge on any atom is 0.142 e. The molecule has 16 heavy (non-hydrogen) atoms. The van der Waals surface area contributed by atoms with Crippen LogP contribution in [0.5, 0.6) is 0 Å². The summed E-state index contributed by atoms with van der Waals surface area (Å²) in [6.45, 7) is 4.15. The number of hydrogen-bond acceptors (Lipinski definition) is 3. The molecule has 0 atom stereocenters. The summed E-state index contributed by atoms with van der Waals surface area (Å²) in [6, 6.07) is 2.14. The van der Waals surface area contributed by atoms with Gasteiger partial charge in [-0.1, -0.05) is 11.6 Å². The van der Waals surface area contributed by atoms with Gasteiger partial charge in [0.15, 0.2) is 0 Å². The van der Waals surface area contributed by atoms with E-state index in [2.05, 4.69) is 23.9 Å². The molecule has 0 aliphatic heterocycles. The predicted octanol–water partition coefficient (Wildman–Crippen LogP) is 2.76. The molecule has 0 amide bonds. The van der Waals surface area contributed by atoms with E-state index in [0.717, 1.165) is 11.1 Å².